The van der Waals surface area contributed by atoms with E-state index in [0.29, 0.717) is 0 Å². The van der Waals surface area contributed by atoms with Crippen molar-refractivity contribution in [1.82, 2.24) is 0 Å². The van der Waals surface area contributed by atoms with Crippen LogP contribution in [0.5, 0.6) is 0 Å². The molecule has 0 heterocycles. The van der Waals surface area contributed by atoms with E-state index in [1.54, 1.807) is 0 Å². The Bertz CT molecular complexity index is 101. The van der Waals surface area contributed by atoms with Gasteiger partial charge in [-0.3, -0.25) is 0 Å². The molecule has 0 N–H and O–H groups in total. The fourth-order valence-electron chi connectivity index (χ4n) is 1.19. The quantitative estimate of drug-likeness (QED) is 0.526. The van der Waals surface area contributed by atoms with Crippen molar-refractivity contribution in [2.45, 2.75) is 13.8 Å². The molecule has 3 saturated carbocycles. The first-order chi connectivity index (χ1) is 9.91. The van der Waals surface area contributed by atoms with E-state index in [2.05, 4.69) is 5.32 Å². The van der Waals surface area contributed by atoms with Crippen LogP contribution < -0.4 is 0 Å². The Hall–Kier alpha value is 1.01. The second kappa shape index (κ2) is 23.3. The largest absolute Gasteiger partial charge is 4.00 e. The van der Waals surface area contributed by atoms with Crippen molar-refractivity contribution in [2.75, 3.05) is 13.1 Å². The molecule has 21 heavy (non-hydrogen) atoms. The minimum Gasteiger partial charge on any atom is -0.663 e. The Labute approximate surface area is 159 Å². The first kappa shape index (κ1) is 24.3. The number of nitrogens with zero attached hydrogens (tertiary/aromatic N) is 1. The first-order valence-electron chi connectivity index (χ1n) is 7.05. The maximum Gasteiger partial charge on any atom is 4.00 e. The summed E-state index contributed by atoms with van der Waals surface area (Å²) in [7, 11) is 0. The Morgan fingerprint density at radius 2 is 0.571 bits per heavy atom. The van der Waals surface area contributed by atoms with Gasteiger partial charge >= 0.3 is 31.1 Å². The van der Waals surface area contributed by atoms with Gasteiger partial charge < -0.3 is 5.32 Å². The van der Waals surface area contributed by atoms with Crippen molar-refractivity contribution >= 4 is 0 Å². The number of hydrogen-bond acceptors (Lipinski definition) is 0. The summed E-state index contributed by atoms with van der Waals surface area (Å²) in [5, 5.41) is 3.97. The zero-order valence-corrected chi connectivity index (χ0v) is 17.2. The van der Waals surface area contributed by atoms with Crippen molar-refractivity contribution in [3.63, 3.8) is 0 Å². The molecule has 0 aliphatic heterocycles. The van der Waals surface area contributed by atoms with Crippen LogP contribution in [0.1, 0.15) is 13.8 Å². The van der Waals surface area contributed by atoms with E-state index in [4.69, 9.17) is 0 Å². The molecule has 0 spiro atoms. The summed E-state index contributed by atoms with van der Waals surface area (Å²) in [5.74, 6) is 0. The summed E-state index contributed by atoms with van der Waals surface area (Å²) in [6, 6.07) is 0. The summed E-state index contributed by atoms with van der Waals surface area (Å²) in [6.45, 7) is 6.03. The van der Waals surface area contributed by atoms with Crippen molar-refractivity contribution in [1.29, 1.82) is 0 Å². The summed E-state index contributed by atoms with van der Waals surface area (Å²) in [4.78, 5) is 0. The van der Waals surface area contributed by atoms with Crippen LogP contribution in [0.3, 0.4) is 0 Å². The first-order valence-corrected chi connectivity index (χ1v) is 7.05. The molecule has 0 aromatic rings. The Kier molecular flexibility index (Phi) is 26.9. The van der Waals surface area contributed by atoms with Gasteiger partial charge in [0, 0.05) is 0 Å². The van der Waals surface area contributed by atoms with Crippen LogP contribution in [0.4, 0.5) is 0 Å². The van der Waals surface area contributed by atoms with Crippen LogP contribution in [0.15, 0.2) is 0 Å². The monoisotopic (exact) mass is 505 g/mol. The molecule has 15 radical (unpaired) electrons. The second-order valence-corrected chi connectivity index (χ2v) is 3.74. The van der Waals surface area contributed by atoms with Crippen molar-refractivity contribution in [3.8, 4) is 0 Å². The van der Waals surface area contributed by atoms with Crippen LogP contribution in [-0.2, 0) is 0 Å². The van der Waals surface area contributed by atoms with Gasteiger partial charge in [-0.05, 0) is 96.3 Å². The molecule has 3 rings (SSSR count). The molecule has 0 bridgehead atoms. The molecule has 0 unspecified atom stereocenters. The molecular weight excluding hydrogens is 480 g/mol. The molecule has 0 atom stereocenters. The fourth-order valence-corrected chi connectivity index (χ4v) is 1.19. The second-order valence-electron chi connectivity index (χ2n) is 3.74. The zero-order valence-electron chi connectivity index (χ0n) is 13.0. The van der Waals surface area contributed by atoms with Gasteiger partial charge in [0.2, 0.25) is 0 Å². The fraction of sp³-hybridized carbons (Fsp3) is 0.211. The zero-order chi connectivity index (χ0) is 14.7. The Balaban J connectivity index is 0. The maximum absolute atomic E-state index is 3.97. The molecule has 3 fully saturated rings. The van der Waals surface area contributed by atoms with Gasteiger partial charge in [-0.15, -0.1) is 0 Å². The number of hydrogen-bond donors (Lipinski definition) is 0. The van der Waals surface area contributed by atoms with Crippen LogP contribution >= 0.6 is 0 Å². The average Bonchev–Trinajstić information content (AvgIpc) is 3.27. The SMILES string of the molecule is CC[N-]CC.[CH]1[CH][CH][CH][CH]1.[CH]1[CH][CH][CH][CH]1.[CH]1[CH][CH][CH][CH]1.[U+4]. The minimum atomic E-state index is 0. The molecule has 3 aliphatic carbocycles. The molecule has 2 heteroatoms. The van der Waals surface area contributed by atoms with Crippen molar-refractivity contribution in [3.05, 3.63) is 102 Å². The van der Waals surface area contributed by atoms with E-state index in [9.17, 15) is 0 Å². The summed E-state index contributed by atoms with van der Waals surface area (Å²) >= 11 is 0. The molecule has 0 amide bonds. The van der Waals surface area contributed by atoms with Gasteiger partial charge in [0.1, 0.15) is 0 Å². The Morgan fingerprint density at radius 3 is 0.619 bits per heavy atom. The van der Waals surface area contributed by atoms with Crippen molar-refractivity contribution < 1.29 is 31.1 Å². The summed E-state index contributed by atoms with van der Waals surface area (Å²) in [5.41, 5.74) is 0. The van der Waals surface area contributed by atoms with E-state index in [0.717, 1.165) is 13.1 Å². The third kappa shape index (κ3) is 23.4. The molecule has 3 aliphatic rings. The normalized spacial score (nSPS) is 19.1. The predicted octanol–water partition coefficient (Wildman–Crippen LogP) is 4.46. The van der Waals surface area contributed by atoms with Crippen LogP contribution in [-0.4, -0.2) is 13.1 Å². The molecule has 107 valence electrons. The van der Waals surface area contributed by atoms with Crippen LogP contribution in [0, 0.1) is 127 Å². The molecule has 1 nitrogen and oxygen atoms in total. The maximum atomic E-state index is 3.97. The van der Waals surface area contributed by atoms with Crippen molar-refractivity contribution in [2.24, 2.45) is 0 Å². The van der Waals surface area contributed by atoms with Gasteiger partial charge in [0.15, 0.2) is 0 Å². The molecule has 0 saturated heterocycles. The third-order valence-corrected chi connectivity index (χ3v) is 2.11. The molecule has 0 aromatic carbocycles. The van der Waals surface area contributed by atoms with E-state index >= 15 is 0 Å². The third-order valence-electron chi connectivity index (χ3n) is 2.11. The van der Waals surface area contributed by atoms with Crippen LogP contribution in [0.25, 0.3) is 5.32 Å². The number of rotatable bonds is 2. The minimum absolute atomic E-state index is 0. The predicted molar refractivity (Wildman–Crippen MR) is 88.9 cm³/mol. The van der Waals surface area contributed by atoms with E-state index in [-0.39, 0.29) is 31.1 Å². The smallest absolute Gasteiger partial charge is 0.663 e. The summed E-state index contributed by atoms with van der Waals surface area (Å²) < 4.78 is 0. The Morgan fingerprint density at radius 1 is 0.429 bits per heavy atom. The van der Waals surface area contributed by atoms with Gasteiger partial charge in [-0.25, -0.2) is 0 Å². The molecular formula is C19H25NU+3. The standard InChI is InChI=1S/3C5H5.C4H10N.U/c3*1-2-4-5-3-1;1-3-5-4-2;/h3*1-5H;3-4H2,1-2H3;/q;;;-1;+4. The van der Waals surface area contributed by atoms with Crippen LogP contribution in [0.2, 0.25) is 0 Å². The van der Waals surface area contributed by atoms with Gasteiger partial charge in [-0.2, -0.15) is 13.1 Å². The summed E-state index contributed by atoms with van der Waals surface area (Å²) in [6.07, 6.45) is 30.0. The average molecular weight is 505 g/mol. The van der Waals surface area contributed by atoms with E-state index in [1.165, 1.54) is 0 Å². The van der Waals surface area contributed by atoms with E-state index < -0.39 is 0 Å². The molecule has 0 aromatic heterocycles. The van der Waals surface area contributed by atoms with Gasteiger partial charge in [-0.1, -0.05) is 13.8 Å². The van der Waals surface area contributed by atoms with E-state index in [1.807, 2.05) is 110 Å². The van der Waals surface area contributed by atoms with Gasteiger partial charge in [0.25, 0.3) is 0 Å². The van der Waals surface area contributed by atoms with Gasteiger partial charge in [0.05, 0.1) is 0 Å². The topological polar surface area (TPSA) is 14.1 Å².